The fraction of sp³-hybridized carbons (Fsp3) is 0.364. The second kappa shape index (κ2) is 8.84. The number of para-hydroxylation sites is 1. The van der Waals surface area contributed by atoms with Crippen molar-refractivity contribution in [3.05, 3.63) is 50.6 Å². The molecule has 2 heterocycles. The average Bonchev–Trinajstić information content (AvgIpc) is 2.90. The number of amides is 3. The number of thioether (sulfide) groups is 1. The monoisotopic (exact) mass is 456 g/mol. The number of aryl methyl sites for hydroxylation is 3. The fourth-order valence-corrected chi connectivity index (χ4v) is 6.13. The van der Waals surface area contributed by atoms with Gasteiger partial charge in [-0.15, -0.1) is 11.3 Å². The highest BCUT2D eigenvalue weighted by Crippen LogP contribution is 2.35. The molecule has 0 bridgehead atoms. The zero-order chi connectivity index (χ0) is 22.1. The molecule has 0 saturated carbocycles. The van der Waals surface area contributed by atoms with Gasteiger partial charge in [0, 0.05) is 4.88 Å². The SMILES string of the molecule is Cc1ccccc1-n1c(SC(C)C(=O)NC(N)=O)nc2sc3c(c2c1=O)CCCCC3. The second-order valence-electron chi connectivity index (χ2n) is 7.68. The Kier molecular flexibility index (Phi) is 6.15. The number of rotatable bonds is 4. The Bertz CT molecular complexity index is 1230. The van der Waals surface area contributed by atoms with Crippen molar-refractivity contribution < 1.29 is 9.59 Å². The molecule has 1 aliphatic rings. The summed E-state index contributed by atoms with van der Waals surface area (Å²) in [5, 5.41) is 2.56. The molecule has 0 fully saturated rings. The molecule has 1 aliphatic carbocycles. The third-order valence-corrected chi connectivity index (χ3v) is 7.70. The molecule has 0 saturated heterocycles. The molecule has 7 nitrogen and oxygen atoms in total. The molecule has 4 rings (SSSR count). The molecule has 162 valence electrons. The van der Waals surface area contributed by atoms with E-state index < -0.39 is 17.2 Å². The Balaban J connectivity index is 1.91. The van der Waals surface area contributed by atoms with Crippen LogP contribution in [0.25, 0.3) is 15.9 Å². The van der Waals surface area contributed by atoms with E-state index in [2.05, 4.69) is 5.32 Å². The zero-order valence-electron chi connectivity index (χ0n) is 17.4. The van der Waals surface area contributed by atoms with Gasteiger partial charge in [0.2, 0.25) is 5.91 Å². The van der Waals surface area contributed by atoms with E-state index in [-0.39, 0.29) is 5.56 Å². The highest BCUT2D eigenvalue weighted by Gasteiger charge is 2.25. The van der Waals surface area contributed by atoms with E-state index in [4.69, 9.17) is 10.7 Å². The number of nitrogens with one attached hydrogen (secondary N) is 1. The normalized spacial score (nSPS) is 14.6. The van der Waals surface area contributed by atoms with E-state index in [1.165, 1.54) is 11.3 Å². The van der Waals surface area contributed by atoms with Crippen molar-refractivity contribution in [2.75, 3.05) is 0 Å². The quantitative estimate of drug-likeness (QED) is 0.354. The van der Waals surface area contributed by atoms with Gasteiger partial charge >= 0.3 is 6.03 Å². The topological polar surface area (TPSA) is 107 Å². The Labute approximate surface area is 188 Å². The number of carbonyl (C=O) groups is 2. The van der Waals surface area contributed by atoms with Gasteiger partial charge in [-0.2, -0.15) is 0 Å². The molecule has 3 N–H and O–H groups in total. The van der Waals surface area contributed by atoms with Crippen LogP contribution in [0.15, 0.2) is 34.2 Å². The summed E-state index contributed by atoms with van der Waals surface area (Å²) < 4.78 is 1.61. The van der Waals surface area contributed by atoms with Crippen LogP contribution in [-0.2, 0) is 17.6 Å². The van der Waals surface area contributed by atoms with Gasteiger partial charge in [0.05, 0.1) is 16.3 Å². The first-order valence-corrected chi connectivity index (χ1v) is 12.0. The Morgan fingerprint density at radius 3 is 2.71 bits per heavy atom. The van der Waals surface area contributed by atoms with E-state index in [0.29, 0.717) is 15.4 Å². The minimum absolute atomic E-state index is 0.108. The van der Waals surface area contributed by atoms with Crippen LogP contribution in [0.4, 0.5) is 4.79 Å². The molecule has 1 atom stereocenters. The number of primary amides is 1. The lowest BCUT2D eigenvalue weighted by atomic mass is 10.1. The van der Waals surface area contributed by atoms with E-state index in [0.717, 1.165) is 54.3 Å². The summed E-state index contributed by atoms with van der Waals surface area (Å²) in [5.74, 6) is -0.523. The molecular formula is C22H24N4O3S2. The maximum atomic E-state index is 13.8. The summed E-state index contributed by atoms with van der Waals surface area (Å²) >= 11 is 2.72. The molecule has 3 aromatic rings. The van der Waals surface area contributed by atoms with Gasteiger partial charge in [0.25, 0.3) is 5.56 Å². The van der Waals surface area contributed by atoms with Crippen LogP contribution in [0.5, 0.6) is 0 Å². The highest BCUT2D eigenvalue weighted by molar-refractivity contribution is 8.00. The number of imide groups is 1. The maximum absolute atomic E-state index is 13.8. The first-order chi connectivity index (χ1) is 14.9. The first kappa shape index (κ1) is 21.6. The number of urea groups is 1. The van der Waals surface area contributed by atoms with E-state index in [1.54, 1.807) is 22.8 Å². The van der Waals surface area contributed by atoms with Crippen molar-refractivity contribution in [1.82, 2.24) is 14.9 Å². The lowest BCUT2D eigenvalue weighted by Crippen LogP contribution is -2.39. The fourth-order valence-electron chi connectivity index (χ4n) is 3.90. The lowest BCUT2D eigenvalue weighted by molar-refractivity contribution is -0.119. The van der Waals surface area contributed by atoms with Crippen LogP contribution >= 0.6 is 23.1 Å². The van der Waals surface area contributed by atoms with Crippen LogP contribution in [0.2, 0.25) is 0 Å². The van der Waals surface area contributed by atoms with Crippen LogP contribution in [0, 0.1) is 6.92 Å². The zero-order valence-corrected chi connectivity index (χ0v) is 19.1. The largest absolute Gasteiger partial charge is 0.351 e. The lowest BCUT2D eigenvalue weighted by Gasteiger charge is -2.16. The van der Waals surface area contributed by atoms with Gasteiger partial charge in [-0.3, -0.25) is 19.5 Å². The van der Waals surface area contributed by atoms with Gasteiger partial charge in [-0.25, -0.2) is 9.78 Å². The van der Waals surface area contributed by atoms with Gasteiger partial charge in [0.15, 0.2) is 5.16 Å². The summed E-state index contributed by atoms with van der Waals surface area (Å²) in [7, 11) is 0. The smallest absolute Gasteiger partial charge is 0.318 e. The number of hydrogen-bond acceptors (Lipinski definition) is 6. The van der Waals surface area contributed by atoms with Crippen molar-refractivity contribution in [2.45, 2.75) is 56.4 Å². The molecule has 1 unspecified atom stereocenters. The number of benzene rings is 1. The third kappa shape index (κ3) is 4.24. The molecule has 9 heteroatoms. The van der Waals surface area contributed by atoms with Gasteiger partial charge in [-0.1, -0.05) is 36.4 Å². The van der Waals surface area contributed by atoms with Crippen molar-refractivity contribution in [2.24, 2.45) is 5.73 Å². The van der Waals surface area contributed by atoms with E-state index >= 15 is 0 Å². The minimum Gasteiger partial charge on any atom is -0.351 e. The Hall–Kier alpha value is -2.65. The number of fused-ring (bicyclic) bond motifs is 3. The third-order valence-electron chi connectivity index (χ3n) is 5.46. The van der Waals surface area contributed by atoms with E-state index in [9.17, 15) is 14.4 Å². The van der Waals surface area contributed by atoms with Crippen molar-refractivity contribution in [3.8, 4) is 5.69 Å². The maximum Gasteiger partial charge on any atom is 0.318 e. The summed E-state index contributed by atoms with van der Waals surface area (Å²) in [6.45, 7) is 3.60. The van der Waals surface area contributed by atoms with Crippen molar-refractivity contribution >= 4 is 45.3 Å². The predicted octanol–water partition coefficient (Wildman–Crippen LogP) is 3.70. The van der Waals surface area contributed by atoms with Gasteiger partial charge in [-0.05, 0) is 56.7 Å². The van der Waals surface area contributed by atoms with Gasteiger partial charge < -0.3 is 5.73 Å². The first-order valence-electron chi connectivity index (χ1n) is 10.3. The molecule has 1 aromatic carbocycles. The number of aromatic nitrogens is 2. The number of thiophene rings is 1. The predicted molar refractivity (Wildman–Crippen MR) is 124 cm³/mol. The van der Waals surface area contributed by atoms with Gasteiger partial charge in [0.1, 0.15) is 4.83 Å². The van der Waals surface area contributed by atoms with Crippen molar-refractivity contribution in [3.63, 3.8) is 0 Å². The van der Waals surface area contributed by atoms with E-state index in [1.807, 2.05) is 31.2 Å². The Morgan fingerprint density at radius 1 is 1.23 bits per heavy atom. The van der Waals surface area contributed by atoms with Crippen LogP contribution in [-0.4, -0.2) is 26.7 Å². The minimum atomic E-state index is -0.904. The summed E-state index contributed by atoms with van der Waals surface area (Å²) in [6.07, 6.45) is 5.23. The number of hydrogen-bond donors (Lipinski definition) is 2. The summed E-state index contributed by atoms with van der Waals surface area (Å²) in [4.78, 5) is 44.0. The number of carbonyl (C=O) groups excluding carboxylic acids is 2. The van der Waals surface area contributed by atoms with Crippen LogP contribution in [0.3, 0.4) is 0 Å². The van der Waals surface area contributed by atoms with Crippen LogP contribution in [0.1, 0.15) is 42.2 Å². The molecule has 0 spiro atoms. The standard InChI is InChI=1S/C22H24N4O3S2/c1-12-8-6-7-10-15(12)26-20(28)17-14-9-4-3-5-11-16(14)31-19(17)25-22(26)30-13(2)18(27)24-21(23)29/h6-8,10,13H,3-5,9,11H2,1-2H3,(H3,23,24,27,29). The molecule has 3 amide bonds. The second-order valence-corrected chi connectivity index (χ2v) is 10.1. The summed E-state index contributed by atoms with van der Waals surface area (Å²) in [6, 6.07) is 6.72. The van der Waals surface area contributed by atoms with Crippen LogP contribution < -0.4 is 16.6 Å². The average molecular weight is 457 g/mol. The molecular weight excluding hydrogens is 432 g/mol. The summed E-state index contributed by atoms with van der Waals surface area (Å²) in [5.41, 5.74) is 7.78. The highest BCUT2D eigenvalue weighted by atomic mass is 32.2. The molecule has 2 aromatic heterocycles. The molecule has 0 aliphatic heterocycles. The molecule has 31 heavy (non-hydrogen) atoms. The Morgan fingerprint density at radius 2 is 1.97 bits per heavy atom. The molecule has 0 radical (unpaired) electrons. The number of nitrogens with two attached hydrogens (primary N) is 1. The van der Waals surface area contributed by atoms with Crippen molar-refractivity contribution in [1.29, 1.82) is 0 Å². The number of nitrogens with zero attached hydrogens (tertiary/aromatic N) is 2.